The molecule has 2 N–H and O–H groups in total. The molecule has 0 bridgehead atoms. The zero-order valence-electron chi connectivity index (χ0n) is 12.7. The minimum Gasteiger partial charge on any atom is -0.493 e. The second-order valence-corrected chi connectivity index (χ2v) is 6.21. The lowest BCUT2D eigenvalue weighted by Crippen LogP contribution is -2.26. The van der Waals surface area contributed by atoms with E-state index in [0.717, 1.165) is 25.1 Å². The lowest BCUT2D eigenvalue weighted by Gasteiger charge is -2.13. The minimum absolute atomic E-state index is 0.0993. The van der Waals surface area contributed by atoms with E-state index in [1.54, 1.807) is 0 Å². The van der Waals surface area contributed by atoms with Crippen molar-refractivity contribution >= 4 is 5.91 Å². The molecule has 21 heavy (non-hydrogen) atoms. The number of hydrogen-bond acceptors (Lipinski definition) is 3. The van der Waals surface area contributed by atoms with Crippen molar-refractivity contribution in [2.45, 2.75) is 57.7 Å². The van der Waals surface area contributed by atoms with Crippen molar-refractivity contribution in [3.05, 3.63) is 29.3 Å². The molecule has 2 aliphatic carbocycles. The van der Waals surface area contributed by atoms with Gasteiger partial charge in [0.25, 0.3) is 0 Å². The Morgan fingerprint density at radius 2 is 2.00 bits per heavy atom. The van der Waals surface area contributed by atoms with Crippen LogP contribution in [-0.2, 0) is 11.3 Å². The second-order valence-electron chi connectivity index (χ2n) is 6.21. The Morgan fingerprint density at radius 1 is 1.24 bits per heavy atom. The van der Waals surface area contributed by atoms with E-state index >= 15 is 0 Å². The van der Waals surface area contributed by atoms with Gasteiger partial charge < -0.3 is 15.4 Å². The standard InChI is InChI=1S/C17H24N2O2/c1-12-2-7-16(13(10-12)11-18-14-3-4-14)21-9-8-17(20)19-15-5-6-15/h2,7,10,14-15,18H,3-6,8-9,11H2,1H3,(H,19,20). The van der Waals surface area contributed by atoms with E-state index in [2.05, 4.69) is 29.7 Å². The van der Waals surface area contributed by atoms with Crippen LogP contribution in [0, 0.1) is 6.92 Å². The normalized spacial score (nSPS) is 17.6. The quantitative estimate of drug-likeness (QED) is 0.771. The predicted molar refractivity (Wildman–Crippen MR) is 82.3 cm³/mol. The number of rotatable bonds is 8. The maximum Gasteiger partial charge on any atom is 0.223 e. The molecule has 0 aliphatic heterocycles. The average Bonchev–Trinajstić information content (AvgIpc) is 3.33. The fourth-order valence-electron chi connectivity index (χ4n) is 2.31. The third kappa shape index (κ3) is 4.74. The van der Waals surface area contributed by atoms with Gasteiger partial charge in [-0.1, -0.05) is 17.7 Å². The lowest BCUT2D eigenvalue weighted by atomic mass is 10.1. The summed E-state index contributed by atoms with van der Waals surface area (Å²) in [5, 5.41) is 6.50. The van der Waals surface area contributed by atoms with Gasteiger partial charge in [0.05, 0.1) is 13.0 Å². The Labute approximate surface area is 126 Å². The third-order valence-corrected chi connectivity index (χ3v) is 3.90. The number of carbonyl (C=O) groups excluding carboxylic acids is 1. The largest absolute Gasteiger partial charge is 0.493 e. The lowest BCUT2D eigenvalue weighted by molar-refractivity contribution is -0.121. The van der Waals surface area contributed by atoms with Crippen LogP contribution in [0.2, 0.25) is 0 Å². The highest BCUT2D eigenvalue weighted by Crippen LogP contribution is 2.24. The fraction of sp³-hybridized carbons (Fsp3) is 0.588. The van der Waals surface area contributed by atoms with Crippen molar-refractivity contribution in [1.82, 2.24) is 10.6 Å². The van der Waals surface area contributed by atoms with Crippen molar-refractivity contribution in [2.24, 2.45) is 0 Å². The van der Waals surface area contributed by atoms with Gasteiger partial charge in [-0.05, 0) is 38.7 Å². The highest BCUT2D eigenvalue weighted by Gasteiger charge is 2.23. The molecule has 1 aromatic carbocycles. The summed E-state index contributed by atoms with van der Waals surface area (Å²) in [5.41, 5.74) is 2.42. The van der Waals surface area contributed by atoms with E-state index in [0.29, 0.717) is 25.1 Å². The van der Waals surface area contributed by atoms with E-state index in [1.807, 2.05) is 6.07 Å². The first-order valence-electron chi connectivity index (χ1n) is 7.96. The van der Waals surface area contributed by atoms with Crippen LogP contribution in [-0.4, -0.2) is 24.6 Å². The van der Waals surface area contributed by atoms with Crippen molar-refractivity contribution in [3.8, 4) is 5.75 Å². The third-order valence-electron chi connectivity index (χ3n) is 3.90. The first-order chi connectivity index (χ1) is 10.2. The van der Waals surface area contributed by atoms with Gasteiger partial charge in [-0.2, -0.15) is 0 Å². The Bertz CT molecular complexity index is 508. The number of aryl methyl sites for hydroxylation is 1. The highest BCUT2D eigenvalue weighted by molar-refractivity contribution is 5.76. The maximum atomic E-state index is 11.6. The van der Waals surface area contributed by atoms with E-state index in [-0.39, 0.29) is 5.91 Å². The Balaban J connectivity index is 1.49. The Morgan fingerprint density at radius 3 is 2.71 bits per heavy atom. The Hall–Kier alpha value is -1.55. The smallest absolute Gasteiger partial charge is 0.223 e. The molecular weight excluding hydrogens is 264 g/mol. The van der Waals surface area contributed by atoms with Crippen molar-refractivity contribution in [2.75, 3.05) is 6.61 Å². The van der Waals surface area contributed by atoms with Crippen LogP contribution in [0.3, 0.4) is 0 Å². The van der Waals surface area contributed by atoms with Crippen molar-refractivity contribution in [1.29, 1.82) is 0 Å². The average molecular weight is 288 g/mol. The molecule has 0 spiro atoms. The first kappa shape index (κ1) is 14.4. The molecule has 1 aromatic rings. The van der Waals surface area contributed by atoms with E-state index in [9.17, 15) is 4.79 Å². The number of amides is 1. The summed E-state index contributed by atoms with van der Waals surface area (Å²) >= 11 is 0. The van der Waals surface area contributed by atoms with Crippen LogP contribution in [0.1, 0.15) is 43.2 Å². The molecule has 0 radical (unpaired) electrons. The molecule has 0 saturated heterocycles. The van der Waals surface area contributed by atoms with Gasteiger partial charge in [-0.25, -0.2) is 0 Å². The van der Waals surface area contributed by atoms with Crippen LogP contribution < -0.4 is 15.4 Å². The second kappa shape index (κ2) is 6.48. The van der Waals surface area contributed by atoms with Gasteiger partial charge in [0.2, 0.25) is 5.91 Å². The molecule has 0 aromatic heterocycles. The number of ether oxygens (including phenoxy) is 1. The Kier molecular flexibility index (Phi) is 4.44. The topological polar surface area (TPSA) is 50.4 Å². The van der Waals surface area contributed by atoms with Gasteiger partial charge in [-0.3, -0.25) is 4.79 Å². The van der Waals surface area contributed by atoms with Crippen LogP contribution in [0.4, 0.5) is 0 Å². The first-order valence-corrected chi connectivity index (χ1v) is 7.96. The monoisotopic (exact) mass is 288 g/mol. The van der Waals surface area contributed by atoms with Gasteiger partial charge in [0.15, 0.2) is 0 Å². The van der Waals surface area contributed by atoms with Gasteiger partial charge in [0.1, 0.15) is 5.75 Å². The zero-order chi connectivity index (χ0) is 14.7. The van der Waals surface area contributed by atoms with Gasteiger partial charge >= 0.3 is 0 Å². The number of benzene rings is 1. The van der Waals surface area contributed by atoms with Gasteiger partial charge in [-0.15, -0.1) is 0 Å². The number of nitrogens with one attached hydrogen (secondary N) is 2. The molecule has 0 unspecified atom stereocenters. The number of carbonyl (C=O) groups is 1. The molecule has 4 nitrogen and oxygen atoms in total. The molecule has 114 valence electrons. The van der Waals surface area contributed by atoms with Crippen molar-refractivity contribution < 1.29 is 9.53 Å². The zero-order valence-corrected chi connectivity index (χ0v) is 12.7. The molecule has 4 heteroatoms. The van der Waals surface area contributed by atoms with Gasteiger partial charge in [0, 0.05) is 24.2 Å². The fourth-order valence-corrected chi connectivity index (χ4v) is 2.31. The summed E-state index contributed by atoms with van der Waals surface area (Å²) < 4.78 is 5.82. The molecule has 3 rings (SSSR count). The van der Waals surface area contributed by atoms with Crippen molar-refractivity contribution in [3.63, 3.8) is 0 Å². The molecule has 0 heterocycles. The van der Waals surface area contributed by atoms with Crippen LogP contribution >= 0.6 is 0 Å². The van der Waals surface area contributed by atoms with E-state index in [1.165, 1.54) is 24.0 Å². The summed E-state index contributed by atoms with van der Waals surface area (Å²) in [4.78, 5) is 11.6. The molecule has 0 atom stereocenters. The minimum atomic E-state index is 0.0993. The summed E-state index contributed by atoms with van der Waals surface area (Å²) in [5.74, 6) is 0.996. The summed E-state index contributed by atoms with van der Waals surface area (Å²) in [6, 6.07) is 7.34. The van der Waals surface area contributed by atoms with Crippen LogP contribution in [0.15, 0.2) is 18.2 Å². The van der Waals surface area contributed by atoms with E-state index in [4.69, 9.17) is 4.74 Å². The molecule has 2 saturated carbocycles. The number of hydrogen-bond donors (Lipinski definition) is 2. The summed E-state index contributed by atoms with van der Waals surface area (Å²) in [6.45, 7) is 3.38. The van der Waals surface area contributed by atoms with E-state index < -0.39 is 0 Å². The summed E-state index contributed by atoms with van der Waals surface area (Å²) in [6.07, 6.45) is 5.25. The maximum absolute atomic E-state index is 11.6. The van der Waals surface area contributed by atoms with Crippen LogP contribution in [0.25, 0.3) is 0 Å². The SMILES string of the molecule is Cc1ccc(OCCC(=O)NC2CC2)c(CNC2CC2)c1. The highest BCUT2D eigenvalue weighted by atomic mass is 16.5. The predicted octanol–water partition coefficient (Wildman–Crippen LogP) is 2.29. The molecule has 1 amide bonds. The van der Waals surface area contributed by atoms with Crippen LogP contribution in [0.5, 0.6) is 5.75 Å². The summed E-state index contributed by atoms with van der Waals surface area (Å²) in [7, 11) is 0. The molecule has 2 aliphatic rings. The molecular formula is C17H24N2O2. The molecule has 2 fully saturated rings.